The predicted octanol–water partition coefficient (Wildman–Crippen LogP) is -2.68. The number of carbonyl (C=O) groups excluding carboxylic acids is 2. The van der Waals surface area contributed by atoms with E-state index in [1.165, 1.54) is 6.08 Å². The van der Waals surface area contributed by atoms with Crippen molar-refractivity contribution in [3.05, 3.63) is 12.2 Å². The molecule has 0 unspecified atom stereocenters. The molecule has 0 saturated heterocycles. The van der Waals surface area contributed by atoms with E-state index in [0.717, 1.165) is 6.08 Å². The number of allylic oxidation sites excluding steroid dienone is 1. The third-order valence-electron chi connectivity index (χ3n) is 2.07. The van der Waals surface area contributed by atoms with Crippen molar-refractivity contribution in [3.63, 3.8) is 0 Å². The van der Waals surface area contributed by atoms with E-state index >= 15 is 0 Å². The molecule has 7 nitrogen and oxygen atoms in total. The second-order valence-corrected chi connectivity index (χ2v) is 3.40. The summed E-state index contributed by atoms with van der Waals surface area (Å²) in [6.45, 7) is 0.822. The first-order chi connectivity index (χ1) is 7.97. The van der Waals surface area contributed by atoms with Crippen LogP contribution in [-0.4, -0.2) is 63.6 Å². The summed E-state index contributed by atoms with van der Waals surface area (Å²) in [5, 5.41) is 38.6. The van der Waals surface area contributed by atoms with Crippen molar-refractivity contribution >= 4 is 12.2 Å². The van der Waals surface area contributed by atoms with Crippen LogP contribution >= 0.6 is 0 Å². The lowest BCUT2D eigenvalue weighted by molar-refractivity contribution is -0.128. The minimum Gasteiger partial charge on any atom is -0.394 e. The number of aliphatic hydroxyl groups is 4. The Balaban J connectivity index is 4.54. The molecule has 98 valence electrons. The van der Waals surface area contributed by atoms with Crippen LogP contribution in [0, 0.1) is 0 Å². The molecule has 1 amide bonds. The van der Waals surface area contributed by atoms with Gasteiger partial charge in [-0.15, -0.1) is 0 Å². The standard InChI is InChI=1S/C10H17NO6/c1-2-3-8(15)11-6(4-12)9(16)10(17)7(14)5-13/h2-4,6-7,9-10,13-14,16-17H,5H2,1H3,(H,11,15)/t6-,7-,9-,10-/m1/s1. The quantitative estimate of drug-likeness (QED) is 0.246. The first-order valence-electron chi connectivity index (χ1n) is 5.01. The van der Waals surface area contributed by atoms with Crippen molar-refractivity contribution < 1.29 is 30.0 Å². The molecule has 0 aromatic carbocycles. The van der Waals surface area contributed by atoms with Crippen LogP contribution in [0.2, 0.25) is 0 Å². The minimum absolute atomic E-state index is 0.235. The first kappa shape index (κ1) is 15.7. The molecular formula is C10H17NO6. The lowest BCUT2D eigenvalue weighted by Crippen LogP contribution is -2.53. The maximum atomic E-state index is 11.1. The molecule has 17 heavy (non-hydrogen) atoms. The van der Waals surface area contributed by atoms with Crippen molar-refractivity contribution in [1.82, 2.24) is 5.32 Å². The van der Waals surface area contributed by atoms with Crippen molar-refractivity contribution in [3.8, 4) is 0 Å². The molecule has 0 aliphatic rings. The topological polar surface area (TPSA) is 127 Å². The van der Waals surface area contributed by atoms with Gasteiger partial charge in [0.15, 0.2) is 0 Å². The molecule has 0 aromatic heterocycles. The van der Waals surface area contributed by atoms with E-state index in [1.807, 2.05) is 0 Å². The largest absolute Gasteiger partial charge is 0.394 e. The van der Waals surface area contributed by atoms with E-state index < -0.39 is 36.9 Å². The average Bonchev–Trinajstić information content (AvgIpc) is 2.33. The van der Waals surface area contributed by atoms with Gasteiger partial charge in [0.25, 0.3) is 0 Å². The van der Waals surface area contributed by atoms with E-state index in [4.69, 9.17) is 10.2 Å². The zero-order chi connectivity index (χ0) is 13.4. The summed E-state index contributed by atoms with van der Waals surface area (Å²) in [5.41, 5.74) is 0. The molecule has 0 aromatic rings. The van der Waals surface area contributed by atoms with E-state index in [-0.39, 0.29) is 6.29 Å². The van der Waals surface area contributed by atoms with Gasteiger partial charge in [0, 0.05) is 0 Å². The van der Waals surface area contributed by atoms with E-state index in [9.17, 15) is 19.8 Å². The number of rotatable bonds is 7. The summed E-state index contributed by atoms with van der Waals surface area (Å²) in [5.74, 6) is -0.616. The number of hydrogen-bond donors (Lipinski definition) is 5. The lowest BCUT2D eigenvalue weighted by Gasteiger charge is -2.25. The fourth-order valence-electron chi connectivity index (χ4n) is 1.11. The van der Waals surface area contributed by atoms with E-state index in [2.05, 4.69) is 5.32 Å². The van der Waals surface area contributed by atoms with Crippen LogP contribution in [0.3, 0.4) is 0 Å². The summed E-state index contributed by atoms with van der Waals surface area (Å²) in [4.78, 5) is 21.8. The van der Waals surface area contributed by atoms with Crippen molar-refractivity contribution in [1.29, 1.82) is 0 Å². The summed E-state index contributed by atoms with van der Waals surface area (Å²) in [7, 11) is 0. The highest BCUT2D eigenvalue weighted by molar-refractivity contribution is 5.89. The molecule has 0 aliphatic carbocycles. The molecule has 0 bridgehead atoms. The molecule has 0 heterocycles. The number of nitrogens with one attached hydrogen (secondary N) is 1. The van der Waals surface area contributed by atoms with Gasteiger partial charge in [-0.05, 0) is 13.0 Å². The van der Waals surface area contributed by atoms with E-state index in [0.29, 0.717) is 0 Å². The van der Waals surface area contributed by atoms with Crippen LogP contribution in [-0.2, 0) is 9.59 Å². The SMILES string of the molecule is CC=CC(=O)N[C@H](C=O)[C@@H](O)[C@H](O)[C@H](O)CO. The average molecular weight is 247 g/mol. The normalized spacial score (nSPS) is 18.4. The number of aldehydes is 1. The molecule has 5 N–H and O–H groups in total. The number of hydrogen-bond acceptors (Lipinski definition) is 6. The van der Waals surface area contributed by atoms with Crippen LogP contribution < -0.4 is 5.32 Å². The molecule has 7 heteroatoms. The van der Waals surface area contributed by atoms with Crippen LogP contribution in [0.25, 0.3) is 0 Å². The number of aliphatic hydroxyl groups excluding tert-OH is 4. The van der Waals surface area contributed by atoms with Gasteiger partial charge in [-0.25, -0.2) is 0 Å². The zero-order valence-electron chi connectivity index (χ0n) is 9.35. The third kappa shape index (κ3) is 5.05. The Labute approximate surface area is 98.4 Å². The summed E-state index contributed by atoms with van der Waals surface area (Å²) in [6, 6.07) is -1.37. The first-order valence-corrected chi connectivity index (χ1v) is 5.01. The monoisotopic (exact) mass is 247 g/mol. The highest BCUT2D eigenvalue weighted by Gasteiger charge is 2.31. The van der Waals surface area contributed by atoms with Gasteiger partial charge < -0.3 is 30.5 Å². The third-order valence-corrected chi connectivity index (χ3v) is 2.07. The minimum atomic E-state index is -1.74. The highest BCUT2D eigenvalue weighted by atomic mass is 16.4. The maximum absolute atomic E-state index is 11.1. The fraction of sp³-hybridized carbons (Fsp3) is 0.600. The summed E-state index contributed by atoms with van der Waals surface area (Å²) in [6.07, 6.45) is -2.23. The number of amides is 1. The Bertz CT molecular complexity index is 280. The smallest absolute Gasteiger partial charge is 0.244 e. The van der Waals surface area contributed by atoms with Crippen LogP contribution in [0.4, 0.5) is 0 Å². The Morgan fingerprint density at radius 2 is 1.88 bits per heavy atom. The van der Waals surface area contributed by atoms with Crippen molar-refractivity contribution in [2.24, 2.45) is 0 Å². The molecule has 0 radical (unpaired) electrons. The van der Waals surface area contributed by atoms with Crippen LogP contribution in [0.5, 0.6) is 0 Å². The molecule has 4 atom stereocenters. The number of carbonyl (C=O) groups is 2. The van der Waals surface area contributed by atoms with Crippen molar-refractivity contribution in [2.45, 2.75) is 31.3 Å². The summed E-state index contributed by atoms with van der Waals surface area (Å²) >= 11 is 0. The Morgan fingerprint density at radius 3 is 2.29 bits per heavy atom. The Morgan fingerprint density at radius 1 is 1.29 bits per heavy atom. The Hall–Kier alpha value is -1.28. The van der Waals surface area contributed by atoms with Crippen molar-refractivity contribution in [2.75, 3.05) is 6.61 Å². The highest BCUT2D eigenvalue weighted by Crippen LogP contribution is 2.03. The van der Waals surface area contributed by atoms with Gasteiger partial charge in [0.2, 0.25) is 5.91 Å². The van der Waals surface area contributed by atoms with E-state index in [1.54, 1.807) is 6.92 Å². The van der Waals surface area contributed by atoms with Gasteiger partial charge in [-0.2, -0.15) is 0 Å². The molecular weight excluding hydrogens is 230 g/mol. The van der Waals surface area contributed by atoms with Gasteiger partial charge in [0.05, 0.1) is 6.61 Å². The second-order valence-electron chi connectivity index (χ2n) is 3.40. The van der Waals surface area contributed by atoms with Gasteiger partial charge in [0.1, 0.15) is 30.6 Å². The maximum Gasteiger partial charge on any atom is 0.244 e. The van der Waals surface area contributed by atoms with Gasteiger partial charge >= 0.3 is 0 Å². The van der Waals surface area contributed by atoms with Crippen LogP contribution in [0.1, 0.15) is 6.92 Å². The Kier molecular flexibility index (Phi) is 7.31. The fourth-order valence-corrected chi connectivity index (χ4v) is 1.11. The predicted molar refractivity (Wildman–Crippen MR) is 57.9 cm³/mol. The van der Waals surface area contributed by atoms with Gasteiger partial charge in [-0.1, -0.05) is 6.08 Å². The molecule has 0 rings (SSSR count). The molecule has 0 fully saturated rings. The molecule has 0 aliphatic heterocycles. The van der Waals surface area contributed by atoms with Crippen LogP contribution in [0.15, 0.2) is 12.2 Å². The zero-order valence-corrected chi connectivity index (χ0v) is 9.35. The molecule has 0 spiro atoms. The summed E-state index contributed by atoms with van der Waals surface area (Å²) < 4.78 is 0. The second kappa shape index (κ2) is 7.91. The lowest BCUT2D eigenvalue weighted by atomic mass is 10.0. The molecule has 0 saturated carbocycles. The van der Waals surface area contributed by atoms with Gasteiger partial charge in [-0.3, -0.25) is 4.79 Å².